The smallest absolute Gasteiger partial charge is 0.119 e. The molecular formula is C18H21N3O. The Morgan fingerprint density at radius 1 is 1.00 bits per heavy atom. The zero-order chi connectivity index (χ0) is 15.6. The second-order valence-electron chi connectivity index (χ2n) is 6.42. The quantitative estimate of drug-likeness (QED) is 0.735. The largest absolute Gasteiger partial charge is 0.492 e. The molecule has 1 heterocycles. The van der Waals surface area contributed by atoms with E-state index in [9.17, 15) is 0 Å². The molecule has 0 saturated carbocycles. The number of hydrogen-bond acceptors (Lipinski definition) is 3. The first-order valence-corrected chi connectivity index (χ1v) is 7.55. The SMILES string of the molecule is CC(C)(C)c1ccc(OCCn2nnc3ccccc32)cc1. The van der Waals surface area contributed by atoms with Crippen molar-refractivity contribution in [1.29, 1.82) is 0 Å². The predicted octanol–water partition coefficient (Wildman–Crippen LogP) is 3.81. The van der Waals surface area contributed by atoms with Gasteiger partial charge in [0.05, 0.1) is 12.1 Å². The molecule has 0 amide bonds. The number of benzene rings is 2. The van der Waals surface area contributed by atoms with E-state index in [2.05, 4.69) is 43.2 Å². The molecule has 3 aromatic rings. The van der Waals surface area contributed by atoms with Crippen LogP contribution in [-0.2, 0) is 12.0 Å². The summed E-state index contributed by atoms with van der Waals surface area (Å²) in [4.78, 5) is 0. The van der Waals surface area contributed by atoms with Gasteiger partial charge in [-0.25, -0.2) is 4.68 Å². The average molecular weight is 295 g/mol. The maximum Gasteiger partial charge on any atom is 0.119 e. The van der Waals surface area contributed by atoms with Gasteiger partial charge in [-0.2, -0.15) is 0 Å². The van der Waals surface area contributed by atoms with Crippen molar-refractivity contribution in [1.82, 2.24) is 15.0 Å². The van der Waals surface area contributed by atoms with E-state index in [1.807, 2.05) is 41.1 Å². The molecule has 0 atom stereocenters. The van der Waals surface area contributed by atoms with Crippen LogP contribution in [0, 0.1) is 0 Å². The zero-order valence-electron chi connectivity index (χ0n) is 13.3. The standard InChI is InChI=1S/C18H21N3O/c1-18(2,3)14-8-10-15(11-9-14)22-13-12-21-17-7-5-4-6-16(17)19-20-21/h4-11H,12-13H2,1-3H3. The highest BCUT2D eigenvalue weighted by Gasteiger charge is 2.12. The van der Waals surface area contributed by atoms with E-state index >= 15 is 0 Å². The Balaban J connectivity index is 1.61. The Morgan fingerprint density at radius 3 is 2.45 bits per heavy atom. The summed E-state index contributed by atoms with van der Waals surface area (Å²) in [7, 11) is 0. The van der Waals surface area contributed by atoms with Crippen LogP contribution in [0.2, 0.25) is 0 Å². The Bertz CT molecular complexity index is 754. The lowest BCUT2D eigenvalue weighted by Gasteiger charge is -2.19. The van der Waals surface area contributed by atoms with Gasteiger partial charge >= 0.3 is 0 Å². The molecule has 0 unspecified atom stereocenters. The Morgan fingerprint density at radius 2 is 1.73 bits per heavy atom. The predicted molar refractivity (Wildman–Crippen MR) is 88.2 cm³/mol. The van der Waals surface area contributed by atoms with Gasteiger partial charge in [-0.15, -0.1) is 5.10 Å². The lowest BCUT2D eigenvalue weighted by atomic mass is 9.87. The van der Waals surface area contributed by atoms with Crippen LogP contribution in [0.5, 0.6) is 5.75 Å². The van der Waals surface area contributed by atoms with E-state index in [0.717, 1.165) is 16.8 Å². The van der Waals surface area contributed by atoms with Crippen LogP contribution in [0.4, 0.5) is 0 Å². The minimum absolute atomic E-state index is 0.165. The van der Waals surface area contributed by atoms with Gasteiger partial charge in [0.1, 0.15) is 17.9 Å². The third-order valence-corrected chi connectivity index (χ3v) is 3.71. The van der Waals surface area contributed by atoms with Crippen LogP contribution in [0.1, 0.15) is 26.3 Å². The van der Waals surface area contributed by atoms with Gasteiger partial charge in [-0.05, 0) is 35.2 Å². The van der Waals surface area contributed by atoms with E-state index in [-0.39, 0.29) is 5.41 Å². The van der Waals surface area contributed by atoms with Crippen LogP contribution in [0.15, 0.2) is 48.5 Å². The number of hydrogen-bond donors (Lipinski definition) is 0. The van der Waals surface area contributed by atoms with Crippen molar-refractivity contribution in [3.63, 3.8) is 0 Å². The lowest BCUT2D eigenvalue weighted by Crippen LogP contribution is -2.11. The minimum Gasteiger partial charge on any atom is -0.492 e. The summed E-state index contributed by atoms with van der Waals surface area (Å²) >= 11 is 0. The molecule has 4 heteroatoms. The van der Waals surface area contributed by atoms with Crippen molar-refractivity contribution in [2.75, 3.05) is 6.61 Å². The van der Waals surface area contributed by atoms with Crippen LogP contribution < -0.4 is 4.74 Å². The highest BCUT2D eigenvalue weighted by atomic mass is 16.5. The molecule has 0 aliphatic rings. The monoisotopic (exact) mass is 295 g/mol. The molecule has 0 fully saturated rings. The summed E-state index contributed by atoms with van der Waals surface area (Å²) in [6.07, 6.45) is 0. The fourth-order valence-electron chi connectivity index (χ4n) is 2.38. The zero-order valence-corrected chi connectivity index (χ0v) is 13.3. The van der Waals surface area contributed by atoms with Gasteiger partial charge in [-0.3, -0.25) is 0 Å². The van der Waals surface area contributed by atoms with Crippen molar-refractivity contribution in [3.8, 4) is 5.75 Å². The summed E-state index contributed by atoms with van der Waals surface area (Å²) < 4.78 is 7.68. The van der Waals surface area contributed by atoms with Gasteiger partial charge in [-0.1, -0.05) is 50.3 Å². The molecule has 0 N–H and O–H groups in total. The molecule has 0 saturated heterocycles. The molecule has 0 aliphatic heterocycles. The van der Waals surface area contributed by atoms with Crippen molar-refractivity contribution < 1.29 is 4.74 Å². The van der Waals surface area contributed by atoms with Gasteiger partial charge in [0, 0.05) is 0 Å². The summed E-state index contributed by atoms with van der Waals surface area (Å²) in [6.45, 7) is 7.87. The van der Waals surface area contributed by atoms with Crippen LogP contribution in [0.25, 0.3) is 11.0 Å². The summed E-state index contributed by atoms with van der Waals surface area (Å²) in [6, 6.07) is 16.3. The van der Waals surface area contributed by atoms with Crippen LogP contribution in [-0.4, -0.2) is 21.6 Å². The maximum absolute atomic E-state index is 5.81. The fraction of sp³-hybridized carbons (Fsp3) is 0.333. The van der Waals surface area contributed by atoms with Crippen molar-refractivity contribution >= 4 is 11.0 Å². The van der Waals surface area contributed by atoms with E-state index < -0.39 is 0 Å². The molecule has 22 heavy (non-hydrogen) atoms. The Hall–Kier alpha value is -2.36. The highest BCUT2D eigenvalue weighted by molar-refractivity contribution is 5.73. The Labute approximate surface area is 130 Å². The summed E-state index contributed by atoms with van der Waals surface area (Å²) in [5.74, 6) is 0.887. The Kier molecular flexibility index (Phi) is 3.84. The van der Waals surface area contributed by atoms with Crippen LogP contribution >= 0.6 is 0 Å². The third kappa shape index (κ3) is 3.11. The van der Waals surface area contributed by atoms with Crippen molar-refractivity contribution in [2.24, 2.45) is 0 Å². The van der Waals surface area contributed by atoms with E-state index in [1.165, 1.54) is 5.56 Å². The number of fused-ring (bicyclic) bond motifs is 1. The third-order valence-electron chi connectivity index (χ3n) is 3.71. The molecule has 3 rings (SSSR count). The average Bonchev–Trinajstić information content (AvgIpc) is 2.90. The lowest BCUT2D eigenvalue weighted by molar-refractivity contribution is 0.292. The second kappa shape index (κ2) is 5.79. The number of ether oxygens (including phenoxy) is 1. The number of aromatic nitrogens is 3. The van der Waals surface area contributed by atoms with Crippen molar-refractivity contribution in [2.45, 2.75) is 32.7 Å². The molecule has 114 valence electrons. The molecule has 0 bridgehead atoms. The summed E-state index contributed by atoms with van der Waals surface area (Å²) in [5.41, 5.74) is 3.42. The first-order chi connectivity index (χ1) is 10.5. The summed E-state index contributed by atoms with van der Waals surface area (Å²) in [5, 5.41) is 8.30. The minimum atomic E-state index is 0.165. The molecule has 0 spiro atoms. The maximum atomic E-state index is 5.81. The fourth-order valence-corrected chi connectivity index (χ4v) is 2.38. The van der Waals surface area contributed by atoms with E-state index in [0.29, 0.717) is 13.2 Å². The molecule has 0 aliphatic carbocycles. The molecular weight excluding hydrogens is 274 g/mol. The molecule has 4 nitrogen and oxygen atoms in total. The van der Waals surface area contributed by atoms with E-state index in [4.69, 9.17) is 4.74 Å². The van der Waals surface area contributed by atoms with Gasteiger partial charge < -0.3 is 4.74 Å². The highest BCUT2D eigenvalue weighted by Crippen LogP contribution is 2.24. The second-order valence-corrected chi connectivity index (χ2v) is 6.42. The first kappa shape index (κ1) is 14.6. The number of rotatable bonds is 4. The first-order valence-electron chi connectivity index (χ1n) is 7.55. The van der Waals surface area contributed by atoms with Crippen molar-refractivity contribution in [3.05, 3.63) is 54.1 Å². The van der Waals surface area contributed by atoms with Gasteiger partial charge in [0.2, 0.25) is 0 Å². The van der Waals surface area contributed by atoms with Crippen LogP contribution in [0.3, 0.4) is 0 Å². The normalized spacial score (nSPS) is 11.8. The molecule has 2 aromatic carbocycles. The number of para-hydroxylation sites is 1. The number of nitrogens with zero attached hydrogens (tertiary/aromatic N) is 3. The van der Waals surface area contributed by atoms with Gasteiger partial charge in [0.25, 0.3) is 0 Å². The van der Waals surface area contributed by atoms with E-state index in [1.54, 1.807) is 0 Å². The molecule has 1 aromatic heterocycles. The van der Waals surface area contributed by atoms with Gasteiger partial charge in [0.15, 0.2) is 0 Å². The topological polar surface area (TPSA) is 39.9 Å². The molecule has 0 radical (unpaired) electrons.